The molecular formula is C14H19FN2O3. The third-order valence-electron chi connectivity index (χ3n) is 2.82. The van der Waals surface area contributed by atoms with Crippen LogP contribution in [0.3, 0.4) is 0 Å². The number of alkyl carbamates (subject to hydrolysis) is 1. The van der Waals surface area contributed by atoms with Crippen LogP contribution in [-0.4, -0.2) is 28.8 Å². The lowest BCUT2D eigenvalue weighted by Gasteiger charge is -2.36. The molecule has 1 aliphatic rings. The maximum Gasteiger partial charge on any atom is 0.407 e. The van der Waals surface area contributed by atoms with Gasteiger partial charge in [-0.05, 0) is 32.9 Å². The Kier molecular flexibility index (Phi) is 4.11. The monoisotopic (exact) mass is 282 g/mol. The molecule has 0 radical (unpaired) electrons. The molecule has 1 N–H and O–H groups in total. The Morgan fingerprint density at radius 1 is 1.40 bits per heavy atom. The van der Waals surface area contributed by atoms with Crippen molar-refractivity contribution in [1.82, 2.24) is 10.3 Å². The molecule has 5 nitrogen and oxygen atoms in total. The second-order valence-electron chi connectivity index (χ2n) is 5.87. The number of halogens is 1. The zero-order valence-corrected chi connectivity index (χ0v) is 11.9. The van der Waals surface area contributed by atoms with Gasteiger partial charge in [0.2, 0.25) is 5.95 Å². The van der Waals surface area contributed by atoms with Gasteiger partial charge in [-0.1, -0.05) is 0 Å². The van der Waals surface area contributed by atoms with Crippen LogP contribution in [-0.2, 0) is 4.74 Å². The van der Waals surface area contributed by atoms with Crippen LogP contribution in [0.2, 0.25) is 0 Å². The summed E-state index contributed by atoms with van der Waals surface area (Å²) in [5.74, 6) is 0.00236. The molecule has 1 aliphatic carbocycles. The van der Waals surface area contributed by atoms with E-state index in [4.69, 9.17) is 9.47 Å². The minimum absolute atomic E-state index is 0.0159. The molecule has 1 heterocycles. The van der Waals surface area contributed by atoms with Crippen LogP contribution in [0.15, 0.2) is 18.3 Å². The first-order valence-corrected chi connectivity index (χ1v) is 6.59. The molecule has 1 saturated carbocycles. The summed E-state index contributed by atoms with van der Waals surface area (Å²) in [6.07, 6.45) is 2.36. The molecule has 1 aromatic heterocycles. The Hall–Kier alpha value is -1.85. The molecule has 0 atom stereocenters. The summed E-state index contributed by atoms with van der Waals surface area (Å²) in [7, 11) is 0. The maximum absolute atomic E-state index is 12.6. The highest BCUT2D eigenvalue weighted by Gasteiger charge is 2.33. The predicted molar refractivity (Wildman–Crippen MR) is 71.0 cm³/mol. The molecule has 0 spiro atoms. The summed E-state index contributed by atoms with van der Waals surface area (Å²) in [4.78, 5) is 15.1. The summed E-state index contributed by atoms with van der Waals surface area (Å²) in [5, 5.41) is 2.78. The fourth-order valence-corrected chi connectivity index (χ4v) is 1.88. The number of amides is 1. The van der Waals surface area contributed by atoms with Crippen molar-refractivity contribution in [1.29, 1.82) is 0 Å². The van der Waals surface area contributed by atoms with E-state index >= 15 is 0 Å². The van der Waals surface area contributed by atoms with Gasteiger partial charge in [0.25, 0.3) is 0 Å². The van der Waals surface area contributed by atoms with Crippen molar-refractivity contribution in [3.05, 3.63) is 24.3 Å². The third-order valence-corrected chi connectivity index (χ3v) is 2.82. The fourth-order valence-electron chi connectivity index (χ4n) is 1.88. The van der Waals surface area contributed by atoms with Crippen LogP contribution >= 0.6 is 0 Å². The maximum atomic E-state index is 12.6. The highest BCUT2D eigenvalue weighted by atomic mass is 19.1. The van der Waals surface area contributed by atoms with E-state index in [0.717, 1.165) is 0 Å². The molecule has 6 heteroatoms. The van der Waals surface area contributed by atoms with Gasteiger partial charge in [-0.15, -0.1) is 0 Å². The Morgan fingerprint density at radius 2 is 2.10 bits per heavy atom. The molecule has 0 bridgehead atoms. The van der Waals surface area contributed by atoms with E-state index in [9.17, 15) is 9.18 Å². The largest absolute Gasteiger partial charge is 0.489 e. The van der Waals surface area contributed by atoms with E-state index in [1.807, 2.05) is 20.8 Å². The molecule has 0 aliphatic heterocycles. The zero-order valence-electron chi connectivity index (χ0n) is 11.9. The van der Waals surface area contributed by atoms with Gasteiger partial charge in [-0.2, -0.15) is 4.39 Å². The number of aromatic nitrogens is 1. The van der Waals surface area contributed by atoms with E-state index in [0.29, 0.717) is 18.6 Å². The number of nitrogens with zero attached hydrogens (tertiary/aromatic N) is 1. The van der Waals surface area contributed by atoms with Gasteiger partial charge in [0.05, 0.1) is 6.20 Å². The van der Waals surface area contributed by atoms with Crippen molar-refractivity contribution in [3.8, 4) is 5.75 Å². The summed E-state index contributed by atoms with van der Waals surface area (Å²) in [6, 6.07) is 2.85. The molecule has 1 fully saturated rings. The Morgan fingerprint density at radius 3 is 2.65 bits per heavy atom. The van der Waals surface area contributed by atoms with Gasteiger partial charge in [0.15, 0.2) is 0 Å². The average molecular weight is 282 g/mol. The first kappa shape index (κ1) is 14.6. The van der Waals surface area contributed by atoms with Crippen LogP contribution in [0.4, 0.5) is 9.18 Å². The van der Waals surface area contributed by atoms with E-state index in [1.54, 1.807) is 0 Å². The quantitative estimate of drug-likeness (QED) is 0.866. The van der Waals surface area contributed by atoms with Crippen molar-refractivity contribution < 1.29 is 18.7 Å². The van der Waals surface area contributed by atoms with Gasteiger partial charge in [0.1, 0.15) is 17.5 Å². The molecular weight excluding hydrogens is 263 g/mol. The first-order chi connectivity index (χ1) is 9.32. The zero-order chi connectivity index (χ0) is 14.8. The Bertz CT molecular complexity index is 464. The van der Waals surface area contributed by atoms with Gasteiger partial charge >= 0.3 is 6.09 Å². The SMILES string of the molecule is CC(C)(C)OC(=O)N[C@H]1C[C@H](Oc2ccc(F)nc2)C1. The summed E-state index contributed by atoms with van der Waals surface area (Å²) < 4.78 is 23.4. The van der Waals surface area contributed by atoms with Crippen LogP contribution < -0.4 is 10.1 Å². The third kappa shape index (κ3) is 4.36. The van der Waals surface area contributed by atoms with Gasteiger partial charge in [-0.25, -0.2) is 9.78 Å². The van der Waals surface area contributed by atoms with Gasteiger partial charge in [0, 0.05) is 18.9 Å². The standard InChI is InChI=1S/C14H19FN2O3/c1-14(2,3)20-13(18)17-9-6-11(7-9)19-10-4-5-12(15)16-8-10/h4-5,8-9,11H,6-7H2,1-3H3,(H,17,18)/t9-,11-. The number of nitrogens with one attached hydrogen (secondary N) is 1. The van der Waals surface area contributed by atoms with Crippen molar-refractivity contribution >= 4 is 6.09 Å². The van der Waals surface area contributed by atoms with Crippen molar-refractivity contribution in [2.45, 2.75) is 51.4 Å². The van der Waals surface area contributed by atoms with Crippen molar-refractivity contribution in [2.75, 3.05) is 0 Å². The normalized spacial score (nSPS) is 21.8. The number of carbonyl (C=O) groups excluding carboxylic acids is 1. The Balaban J connectivity index is 1.70. The lowest BCUT2D eigenvalue weighted by atomic mass is 9.89. The van der Waals surface area contributed by atoms with E-state index in [-0.39, 0.29) is 12.1 Å². The lowest BCUT2D eigenvalue weighted by Crippen LogP contribution is -2.50. The second-order valence-corrected chi connectivity index (χ2v) is 5.87. The summed E-state index contributed by atoms with van der Waals surface area (Å²) in [5.41, 5.74) is -0.497. The smallest absolute Gasteiger partial charge is 0.407 e. The van der Waals surface area contributed by atoms with Crippen LogP contribution in [0.1, 0.15) is 33.6 Å². The molecule has 1 amide bonds. The number of carbonyl (C=O) groups is 1. The molecule has 0 saturated heterocycles. The molecule has 0 unspecified atom stereocenters. The number of ether oxygens (including phenoxy) is 2. The number of hydrogen-bond acceptors (Lipinski definition) is 4. The van der Waals surface area contributed by atoms with Crippen molar-refractivity contribution in [2.24, 2.45) is 0 Å². The van der Waals surface area contributed by atoms with E-state index in [1.165, 1.54) is 18.3 Å². The minimum Gasteiger partial charge on any atom is -0.489 e. The number of rotatable bonds is 3. The second kappa shape index (κ2) is 5.64. The number of hydrogen-bond donors (Lipinski definition) is 1. The average Bonchev–Trinajstić information content (AvgIpc) is 2.26. The summed E-state index contributed by atoms with van der Waals surface area (Å²) >= 11 is 0. The van der Waals surface area contributed by atoms with E-state index < -0.39 is 17.6 Å². The minimum atomic E-state index is -0.532. The van der Waals surface area contributed by atoms with Crippen LogP contribution in [0.25, 0.3) is 0 Å². The Labute approximate surface area is 117 Å². The predicted octanol–water partition coefficient (Wildman–Crippen LogP) is 2.66. The molecule has 2 rings (SSSR count). The first-order valence-electron chi connectivity index (χ1n) is 6.59. The molecule has 0 aromatic carbocycles. The van der Waals surface area contributed by atoms with Crippen LogP contribution in [0, 0.1) is 5.95 Å². The topological polar surface area (TPSA) is 60.5 Å². The highest BCUT2D eigenvalue weighted by Crippen LogP contribution is 2.26. The molecule has 110 valence electrons. The fraction of sp³-hybridized carbons (Fsp3) is 0.571. The molecule has 1 aromatic rings. The van der Waals surface area contributed by atoms with Gasteiger partial charge < -0.3 is 14.8 Å². The summed E-state index contributed by atoms with van der Waals surface area (Å²) in [6.45, 7) is 5.46. The highest BCUT2D eigenvalue weighted by molar-refractivity contribution is 5.68. The number of pyridine rings is 1. The van der Waals surface area contributed by atoms with Crippen LogP contribution in [0.5, 0.6) is 5.75 Å². The lowest BCUT2D eigenvalue weighted by molar-refractivity contribution is 0.0362. The van der Waals surface area contributed by atoms with Gasteiger partial charge in [-0.3, -0.25) is 0 Å². The van der Waals surface area contributed by atoms with E-state index in [2.05, 4.69) is 10.3 Å². The molecule has 20 heavy (non-hydrogen) atoms. The van der Waals surface area contributed by atoms with Crippen molar-refractivity contribution in [3.63, 3.8) is 0 Å².